The average molecular weight is 244 g/mol. The molecule has 0 aliphatic rings. The van der Waals surface area contributed by atoms with Gasteiger partial charge in [-0.1, -0.05) is 0 Å². The Balaban J connectivity index is 2.79. The van der Waals surface area contributed by atoms with Gasteiger partial charge in [-0.15, -0.1) is 0 Å². The first-order valence-corrected chi connectivity index (χ1v) is 4.57. The van der Waals surface area contributed by atoms with Crippen molar-refractivity contribution in [2.24, 2.45) is 0 Å². The number of rotatable bonds is 1. The van der Waals surface area contributed by atoms with Gasteiger partial charge in [-0.05, 0) is 6.07 Å². The van der Waals surface area contributed by atoms with E-state index < -0.39 is 17.4 Å². The van der Waals surface area contributed by atoms with Crippen molar-refractivity contribution in [3.8, 4) is 5.75 Å². The summed E-state index contributed by atoms with van der Waals surface area (Å²) in [5.41, 5.74) is -1.32. The molecule has 2 aromatic rings. The summed E-state index contributed by atoms with van der Waals surface area (Å²) in [7, 11) is 1.22. The van der Waals surface area contributed by atoms with Crippen LogP contribution < -0.4 is 10.3 Å². The Bertz CT molecular complexity index is 619. The number of hydrogen-bond acceptors (Lipinski definition) is 3. The Labute approximate surface area is 93.1 Å². The lowest BCUT2D eigenvalue weighted by Gasteiger charge is -2.10. The second kappa shape index (κ2) is 3.76. The number of halogens is 3. The zero-order valence-corrected chi connectivity index (χ0v) is 8.63. The van der Waals surface area contributed by atoms with Gasteiger partial charge in [0.15, 0.2) is 0 Å². The van der Waals surface area contributed by atoms with Crippen LogP contribution in [-0.2, 0) is 6.18 Å². The van der Waals surface area contributed by atoms with E-state index >= 15 is 0 Å². The highest BCUT2D eigenvalue weighted by atomic mass is 19.4. The summed E-state index contributed by atoms with van der Waals surface area (Å²) < 4.78 is 42.4. The van der Waals surface area contributed by atoms with E-state index in [9.17, 15) is 18.0 Å². The number of H-pyrrole nitrogens is 1. The molecule has 0 fully saturated rings. The molecular formula is C10H7F3N2O2. The molecule has 0 radical (unpaired) electrons. The Morgan fingerprint density at radius 2 is 2.06 bits per heavy atom. The highest BCUT2D eigenvalue weighted by Gasteiger charge is 2.33. The molecule has 0 atom stereocenters. The fourth-order valence-electron chi connectivity index (χ4n) is 1.41. The molecule has 2 rings (SSSR count). The highest BCUT2D eigenvalue weighted by Crippen LogP contribution is 2.32. The van der Waals surface area contributed by atoms with Crippen LogP contribution in [0.4, 0.5) is 13.2 Å². The van der Waals surface area contributed by atoms with Crippen LogP contribution in [0, 0.1) is 0 Å². The molecular weight excluding hydrogens is 237 g/mol. The summed E-state index contributed by atoms with van der Waals surface area (Å²) in [5, 5.41) is 0. The Kier molecular flexibility index (Phi) is 2.53. The van der Waals surface area contributed by atoms with E-state index in [1.165, 1.54) is 13.2 Å². The fraction of sp³-hybridized carbons (Fsp3) is 0.200. The maximum absolute atomic E-state index is 12.5. The second-order valence-corrected chi connectivity index (χ2v) is 3.29. The zero-order chi connectivity index (χ0) is 12.6. The second-order valence-electron chi connectivity index (χ2n) is 3.29. The molecule has 2 heterocycles. The minimum Gasteiger partial charge on any atom is -0.494 e. The smallest absolute Gasteiger partial charge is 0.433 e. The number of nitrogens with zero attached hydrogens (tertiary/aromatic N) is 1. The Morgan fingerprint density at radius 1 is 1.35 bits per heavy atom. The molecule has 7 heteroatoms. The molecule has 0 aliphatic carbocycles. The summed E-state index contributed by atoms with van der Waals surface area (Å²) in [4.78, 5) is 16.9. The third-order valence-electron chi connectivity index (χ3n) is 2.16. The number of methoxy groups -OCH3 is 1. The van der Waals surface area contributed by atoms with Gasteiger partial charge in [0.05, 0.1) is 12.6 Å². The minimum atomic E-state index is -4.56. The maximum Gasteiger partial charge on any atom is 0.433 e. The maximum atomic E-state index is 12.5. The van der Waals surface area contributed by atoms with Crippen LogP contribution in [0.25, 0.3) is 11.0 Å². The van der Waals surface area contributed by atoms with Gasteiger partial charge in [0.2, 0.25) is 5.56 Å². The van der Waals surface area contributed by atoms with E-state index in [4.69, 9.17) is 4.74 Å². The lowest BCUT2D eigenvalue weighted by molar-refractivity contribution is -0.141. The van der Waals surface area contributed by atoms with E-state index in [1.54, 1.807) is 0 Å². The first kappa shape index (κ1) is 11.4. The summed E-state index contributed by atoms with van der Waals surface area (Å²) in [6.07, 6.45) is -4.56. The number of hydrogen-bond donors (Lipinski definition) is 1. The predicted octanol–water partition coefficient (Wildman–Crippen LogP) is 1.95. The largest absolute Gasteiger partial charge is 0.494 e. The monoisotopic (exact) mass is 244 g/mol. The number of alkyl halides is 3. The van der Waals surface area contributed by atoms with Crippen molar-refractivity contribution in [1.82, 2.24) is 9.97 Å². The molecule has 90 valence electrons. The summed E-state index contributed by atoms with van der Waals surface area (Å²) >= 11 is 0. The summed E-state index contributed by atoms with van der Waals surface area (Å²) in [5.74, 6) is -0.0694. The van der Waals surface area contributed by atoms with E-state index in [1.807, 2.05) is 0 Å². The average Bonchev–Trinajstić information content (AvgIpc) is 2.26. The van der Waals surface area contributed by atoms with Crippen LogP contribution in [0.1, 0.15) is 5.69 Å². The molecule has 0 saturated heterocycles. The topological polar surface area (TPSA) is 55.0 Å². The lowest BCUT2D eigenvalue weighted by Crippen LogP contribution is -2.11. The summed E-state index contributed by atoms with van der Waals surface area (Å²) in [6.45, 7) is 0. The predicted molar refractivity (Wildman–Crippen MR) is 53.9 cm³/mol. The van der Waals surface area contributed by atoms with Crippen molar-refractivity contribution in [3.63, 3.8) is 0 Å². The van der Waals surface area contributed by atoms with Gasteiger partial charge in [-0.2, -0.15) is 13.2 Å². The third-order valence-corrected chi connectivity index (χ3v) is 2.16. The fourth-order valence-corrected chi connectivity index (χ4v) is 1.41. The molecule has 2 aromatic heterocycles. The van der Waals surface area contributed by atoms with Gasteiger partial charge in [-0.25, -0.2) is 4.98 Å². The van der Waals surface area contributed by atoms with Crippen molar-refractivity contribution in [2.45, 2.75) is 6.18 Å². The first-order valence-electron chi connectivity index (χ1n) is 4.57. The van der Waals surface area contributed by atoms with Gasteiger partial charge < -0.3 is 9.72 Å². The Morgan fingerprint density at radius 3 is 2.65 bits per heavy atom. The number of aromatic amines is 1. The van der Waals surface area contributed by atoms with Crippen LogP contribution in [0.3, 0.4) is 0 Å². The van der Waals surface area contributed by atoms with Gasteiger partial charge in [-0.3, -0.25) is 4.79 Å². The molecule has 4 nitrogen and oxygen atoms in total. The lowest BCUT2D eigenvalue weighted by atomic mass is 10.2. The van der Waals surface area contributed by atoms with E-state index in [-0.39, 0.29) is 16.8 Å². The molecule has 0 amide bonds. The molecule has 0 aromatic carbocycles. The first-order chi connectivity index (χ1) is 7.91. The molecule has 1 N–H and O–H groups in total. The molecule has 0 saturated carbocycles. The van der Waals surface area contributed by atoms with Crippen LogP contribution in [0.2, 0.25) is 0 Å². The van der Waals surface area contributed by atoms with E-state index in [0.29, 0.717) is 0 Å². The number of aromatic nitrogens is 2. The number of pyridine rings is 2. The molecule has 0 spiro atoms. The molecule has 0 aliphatic heterocycles. The normalized spacial score (nSPS) is 11.8. The molecule has 17 heavy (non-hydrogen) atoms. The SMILES string of the molecule is COc1cc(C(F)(F)F)nc2ccc(=O)[nH]c12. The van der Waals surface area contributed by atoms with Gasteiger partial charge in [0.1, 0.15) is 17.0 Å². The van der Waals surface area contributed by atoms with Crippen molar-refractivity contribution >= 4 is 11.0 Å². The zero-order valence-electron chi connectivity index (χ0n) is 8.63. The third kappa shape index (κ3) is 2.08. The van der Waals surface area contributed by atoms with Gasteiger partial charge >= 0.3 is 6.18 Å². The van der Waals surface area contributed by atoms with Crippen LogP contribution in [0.5, 0.6) is 5.75 Å². The number of nitrogens with one attached hydrogen (secondary N) is 1. The van der Waals surface area contributed by atoms with Gasteiger partial charge in [0.25, 0.3) is 0 Å². The van der Waals surface area contributed by atoms with Crippen LogP contribution in [-0.4, -0.2) is 17.1 Å². The number of fused-ring (bicyclic) bond motifs is 1. The van der Waals surface area contributed by atoms with E-state index in [0.717, 1.165) is 12.1 Å². The number of ether oxygens (including phenoxy) is 1. The van der Waals surface area contributed by atoms with Crippen LogP contribution in [0.15, 0.2) is 23.0 Å². The minimum absolute atomic E-state index is 0.0243. The van der Waals surface area contributed by atoms with Gasteiger partial charge in [0, 0.05) is 12.1 Å². The van der Waals surface area contributed by atoms with Crippen molar-refractivity contribution < 1.29 is 17.9 Å². The van der Waals surface area contributed by atoms with Crippen LogP contribution >= 0.6 is 0 Å². The summed E-state index contributed by atoms with van der Waals surface area (Å²) in [6, 6.07) is 3.07. The quantitative estimate of drug-likeness (QED) is 0.834. The van der Waals surface area contributed by atoms with Crippen molar-refractivity contribution in [3.05, 3.63) is 34.2 Å². The highest BCUT2D eigenvalue weighted by molar-refractivity contribution is 5.80. The Hall–Kier alpha value is -2.05. The van der Waals surface area contributed by atoms with Crippen molar-refractivity contribution in [2.75, 3.05) is 7.11 Å². The standard InChI is InChI=1S/C10H7F3N2O2/c1-17-6-4-7(10(11,12)13)14-5-2-3-8(16)15-9(5)6/h2-4H,1H3,(H,15,16). The van der Waals surface area contributed by atoms with E-state index in [2.05, 4.69) is 9.97 Å². The molecule has 0 unspecified atom stereocenters. The van der Waals surface area contributed by atoms with Crippen molar-refractivity contribution in [1.29, 1.82) is 0 Å². The molecule has 0 bridgehead atoms.